The Morgan fingerprint density at radius 2 is 1.67 bits per heavy atom. The Balaban J connectivity index is 0. The molecule has 15 heavy (non-hydrogen) atoms. The summed E-state index contributed by atoms with van der Waals surface area (Å²) >= 11 is 9.53. The summed E-state index contributed by atoms with van der Waals surface area (Å²) in [6.07, 6.45) is 0. The number of alkyl halides is 2. The normalized spacial score (nSPS) is 9.60. The van der Waals surface area contributed by atoms with Gasteiger partial charge >= 0.3 is 0 Å². The maximum absolute atomic E-state index is 10.6. The van der Waals surface area contributed by atoms with Gasteiger partial charge in [0.25, 0.3) is 10.1 Å². The van der Waals surface area contributed by atoms with Gasteiger partial charge in [0, 0.05) is 0 Å². The molecule has 0 spiro atoms. The van der Waals surface area contributed by atoms with Crippen molar-refractivity contribution in [3.05, 3.63) is 29.8 Å². The molecule has 3 nitrogen and oxygen atoms in total. The molecular formula is C8H11Cl3O3S. The molecule has 0 aliphatic heterocycles. The van der Waals surface area contributed by atoms with E-state index in [-0.39, 0.29) is 22.6 Å². The smallest absolute Gasteiger partial charge is 0.282 e. The van der Waals surface area contributed by atoms with Crippen LogP contribution in [0.4, 0.5) is 0 Å². The third-order valence-corrected chi connectivity index (χ3v) is 2.39. The van der Waals surface area contributed by atoms with Crippen LogP contribution < -0.4 is 0 Å². The van der Waals surface area contributed by atoms with Crippen molar-refractivity contribution in [1.29, 1.82) is 0 Å². The van der Waals surface area contributed by atoms with E-state index in [4.69, 9.17) is 27.8 Å². The zero-order valence-corrected chi connectivity index (χ0v) is 11.0. The monoisotopic (exact) mass is 292 g/mol. The van der Waals surface area contributed by atoms with Gasteiger partial charge in [-0.1, -0.05) is 18.2 Å². The van der Waals surface area contributed by atoms with Crippen molar-refractivity contribution in [1.82, 2.24) is 0 Å². The van der Waals surface area contributed by atoms with Crippen LogP contribution >= 0.6 is 35.6 Å². The Hall–Kier alpha value is -0.000000000000000111. The van der Waals surface area contributed by atoms with E-state index in [0.717, 1.165) is 0 Å². The summed E-state index contributed by atoms with van der Waals surface area (Å²) in [5.74, 6) is 0. The van der Waals surface area contributed by atoms with Gasteiger partial charge in [0.2, 0.25) is 0 Å². The Labute approximate surface area is 106 Å². The molecule has 0 aliphatic carbocycles. The predicted octanol–water partition coefficient (Wildman–Crippen LogP) is 3.09. The van der Waals surface area contributed by atoms with Crippen LogP contribution in [0.5, 0.6) is 0 Å². The summed E-state index contributed by atoms with van der Waals surface area (Å²) in [4.78, 5) is -0.0278. The molecule has 0 aromatic heterocycles. The standard InChI is InChI=1S/C7H8O3S.CH2Cl2.ClH/c1-6-4-2-3-5-7(6)11(8,9)10;2-1-3;/h2-5H,1H3,(H,8,9,10);1H2;1H. The largest absolute Gasteiger partial charge is 0.294 e. The number of hydrogen-bond acceptors (Lipinski definition) is 2. The first-order valence-corrected chi connectivity index (χ1v) is 6.09. The van der Waals surface area contributed by atoms with Gasteiger partial charge in [0.15, 0.2) is 0 Å². The highest BCUT2D eigenvalue weighted by Gasteiger charge is 2.10. The van der Waals surface area contributed by atoms with Crippen molar-refractivity contribution in [3.8, 4) is 0 Å². The molecule has 1 aromatic rings. The van der Waals surface area contributed by atoms with E-state index >= 15 is 0 Å². The quantitative estimate of drug-likeness (QED) is 0.639. The fourth-order valence-corrected chi connectivity index (χ4v) is 1.57. The molecule has 1 aromatic carbocycles. The molecule has 1 N–H and O–H groups in total. The van der Waals surface area contributed by atoms with Crippen LogP contribution in [-0.2, 0) is 10.1 Å². The summed E-state index contributed by atoms with van der Waals surface area (Å²) in [5.41, 5.74) is 0.551. The van der Waals surface area contributed by atoms with Gasteiger partial charge in [-0.15, -0.1) is 35.6 Å². The second-order valence-electron chi connectivity index (χ2n) is 2.34. The SMILES string of the molecule is Cc1ccccc1S(=O)(=O)O.Cl.ClCCl. The lowest BCUT2D eigenvalue weighted by atomic mass is 10.2. The molecule has 0 atom stereocenters. The third-order valence-electron chi connectivity index (χ3n) is 1.37. The highest BCUT2D eigenvalue weighted by Crippen LogP contribution is 2.12. The minimum atomic E-state index is -4.03. The Morgan fingerprint density at radius 3 is 1.93 bits per heavy atom. The van der Waals surface area contributed by atoms with E-state index in [0.29, 0.717) is 5.56 Å². The summed E-state index contributed by atoms with van der Waals surface area (Å²) in [6, 6.07) is 6.27. The second-order valence-corrected chi connectivity index (χ2v) is 4.54. The topological polar surface area (TPSA) is 54.4 Å². The summed E-state index contributed by atoms with van der Waals surface area (Å²) < 4.78 is 29.9. The summed E-state index contributed by atoms with van der Waals surface area (Å²) in [6.45, 7) is 1.63. The van der Waals surface area contributed by atoms with Crippen molar-refractivity contribution in [2.45, 2.75) is 11.8 Å². The lowest BCUT2D eigenvalue weighted by Crippen LogP contribution is -1.99. The van der Waals surface area contributed by atoms with Gasteiger partial charge in [-0.2, -0.15) is 8.42 Å². The maximum atomic E-state index is 10.6. The van der Waals surface area contributed by atoms with Crippen molar-refractivity contribution in [3.63, 3.8) is 0 Å². The molecule has 0 aliphatic rings. The average molecular weight is 294 g/mol. The zero-order chi connectivity index (χ0) is 11.2. The number of rotatable bonds is 1. The predicted molar refractivity (Wildman–Crippen MR) is 64.8 cm³/mol. The minimum Gasteiger partial charge on any atom is -0.282 e. The van der Waals surface area contributed by atoms with Crippen LogP contribution in [0.15, 0.2) is 29.2 Å². The molecule has 7 heteroatoms. The third kappa shape index (κ3) is 6.98. The molecule has 0 fully saturated rings. The molecule has 0 saturated carbocycles. The lowest BCUT2D eigenvalue weighted by molar-refractivity contribution is 0.482. The van der Waals surface area contributed by atoms with Gasteiger partial charge < -0.3 is 0 Å². The van der Waals surface area contributed by atoms with E-state index in [1.807, 2.05) is 0 Å². The summed E-state index contributed by atoms with van der Waals surface area (Å²) in [5, 5.41) is 0.194. The van der Waals surface area contributed by atoms with Crippen LogP contribution in [-0.4, -0.2) is 18.3 Å². The molecule has 0 saturated heterocycles. The maximum Gasteiger partial charge on any atom is 0.294 e. The van der Waals surface area contributed by atoms with E-state index < -0.39 is 10.1 Å². The van der Waals surface area contributed by atoms with E-state index in [2.05, 4.69) is 0 Å². The fraction of sp³-hybridized carbons (Fsp3) is 0.250. The van der Waals surface area contributed by atoms with Crippen LogP contribution in [0, 0.1) is 6.92 Å². The van der Waals surface area contributed by atoms with Gasteiger partial charge in [-0.3, -0.25) is 4.55 Å². The number of halogens is 3. The first-order valence-electron chi connectivity index (χ1n) is 3.58. The van der Waals surface area contributed by atoms with Crippen LogP contribution in [0.3, 0.4) is 0 Å². The summed E-state index contributed by atoms with van der Waals surface area (Å²) in [7, 11) is -4.03. The molecule has 0 bridgehead atoms. The lowest BCUT2D eigenvalue weighted by Gasteiger charge is -1.99. The van der Waals surface area contributed by atoms with Gasteiger partial charge in [0.05, 0.1) is 10.2 Å². The van der Waals surface area contributed by atoms with Crippen molar-refractivity contribution >= 4 is 45.7 Å². The van der Waals surface area contributed by atoms with E-state index in [9.17, 15) is 8.42 Å². The zero-order valence-electron chi connectivity index (χ0n) is 7.85. The number of hydrogen-bond donors (Lipinski definition) is 1. The highest BCUT2D eigenvalue weighted by molar-refractivity contribution is 7.85. The number of benzene rings is 1. The van der Waals surface area contributed by atoms with Crippen molar-refractivity contribution in [2.24, 2.45) is 0 Å². The van der Waals surface area contributed by atoms with Gasteiger partial charge in [0.1, 0.15) is 0 Å². The van der Waals surface area contributed by atoms with Crippen molar-refractivity contribution in [2.75, 3.05) is 5.34 Å². The van der Waals surface area contributed by atoms with Crippen LogP contribution in [0.2, 0.25) is 0 Å². The van der Waals surface area contributed by atoms with Crippen molar-refractivity contribution < 1.29 is 13.0 Å². The van der Waals surface area contributed by atoms with Crippen LogP contribution in [0.25, 0.3) is 0 Å². The average Bonchev–Trinajstić information content (AvgIpc) is 2.04. The van der Waals surface area contributed by atoms with Gasteiger partial charge in [-0.25, -0.2) is 0 Å². The van der Waals surface area contributed by atoms with E-state index in [1.54, 1.807) is 25.1 Å². The molecule has 88 valence electrons. The number of aryl methyl sites for hydroxylation is 1. The highest BCUT2D eigenvalue weighted by atomic mass is 35.5. The molecule has 1 rings (SSSR count). The van der Waals surface area contributed by atoms with Crippen LogP contribution in [0.1, 0.15) is 5.56 Å². The molecule has 0 amide bonds. The minimum absolute atomic E-state index is 0. The molecule has 0 unspecified atom stereocenters. The first kappa shape index (κ1) is 17.4. The van der Waals surface area contributed by atoms with Gasteiger partial charge in [-0.05, 0) is 18.6 Å². The van der Waals surface area contributed by atoms with E-state index in [1.165, 1.54) is 6.07 Å². The fourth-order valence-electron chi connectivity index (χ4n) is 0.846. The molecule has 0 heterocycles. The Morgan fingerprint density at radius 1 is 1.27 bits per heavy atom. The Bertz CT molecular complexity index is 378. The second kappa shape index (κ2) is 8.19. The Kier molecular flexibility index (Phi) is 9.49. The molecule has 0 radical (unpaired) electrons. The molecular weight excluding hydrogens is 283 g/mol. The first-order chi connectivity index (χ1) is 6.43.